The molecule has 1 fully saturated rings. The minimum absolute atomic E-state index is 0.169. The summed E-state index contributed by atoms with van der Waals surface area (Å²) in [5, 5.41) is 0. The van der Waals surface area contributed by atoms with Crippen LogP contribution in [-0.4, -0.2) is 43.2 Å². The van der Waals surface area contributed by atoms with Gasteiger partial charge in [-0.1, -0.05) is 0 Å². The molecule has 80 valence electrons. The van der Waals surface area contributed by atoms with Gasteiger partial charge in [-0.05, 0) is 25.7 Å². The minimum Gasteiger partial charge on any atom is -0.383 e. The van der Waals surface area contributed by atoms with Gasteiger partial charge in [0.1, 0.15) is 0 Å². The van der Waals surface area contributed by atoms with E-state index in [9.17, 15) is 0 Å². The zero-order valence-electron chi connectivity index (χ0n) is 8.99. The number of ether oxygens (including phenoxy) is 1. The topological polar surface area (TPSA) is 50.9 Å². The van der Waals surface area contributed by atoms with Crippen LogP contribution in [0.4, 0.5) is 0 Å². The lowest BCUT2D eigenvalue weighted by atomic mass is 9.95. The molecular weight excluding hydrogens is 178 g/mol. The van der Waals surface area contributed by atoms with Crippen molar-refractivity contribution in [3.05, 3.63) is 0 Å². The summed E-state index contributed by atoms with van der Waals surface area (Å²) in [6, 6.07) is 0. The molecule has 1 aliphatic heterocycles. The Morgan fingerprint density at radius 3 is 2.93 bits per heavy atom. The number of methoxy groups -OCH3 is 1. The highest BCUT2D eigenvalue weighted by atomic mass is 16.5. The van der Waals surface area contributed by atoms with Gasteiger partial charge in [-0.2, -0.15) is 0 Å². The molecule has 0 aromatic rings. The molecule has 0 radical (unpaired) electrons. The van der Waals surface area contributed by atoms with Gasteiger partial charge in [-0.25, -0.2) is 0 Å². The van der Waals surface area contributed by atoms with E-state index < -0.39 is 0 Å². The molecule has 0 saturated heterocycles. The molecule has 1 aliphatic carbocycles. The molecule has 2 aliphatic rings. The molecule has 0 aromatic heterocycles. The van der Waals surface area contributed by atoms with E-state index in [1.807, 2.05) is 0 Å². The number of nitrogens with zero attached hydrogens (tertiary/aromatic N) is 2. The zero-order chi connectivity index (χ0) is 10.2. The van der Waals surface area contributed by atoms with Crippen molar-refractivity contribution in [1.29, 1.82) is 0 Å². The van der Waals surface area contributed by atoms with E-state index in [4.69, 9.17) is 10.5 Å². The molecule has 0 aromatic carbocycles. The maximum Gasteiger partial charge on any atom is 0.191 e. The summed E-state index contributed by atoms with van der Waals surface area (Å²) in [6.07, 6.45) is 2.64. The van der Waals surface area contributed by atoms with Crippen molar-refractivity contribution in [3.8, 4) is 0 Å². The average Bonchev–Trinajstić information content (AvgIpc) is 2.95. The fraction of sp³-hybridized carbons (Fsp3) is 0.900. The Balaban J connectivity index is 2.04. The predicted molar refractivity (Wildman–Crippen MR) is 56.2 cm³/mol. The summed E-state index contributed by atoms with van der Waals surface area (Å²) < 4.78 is 5.09. The van der Waals surface area contributed by atoms with Gasteiger partial charge < -0.3 is 15.4 Å². The summed E-state index contributed by atoms with van der Waals surface area (Å²) in [5.41, 5.74) is 6.05. The second-order valence-electron chi connectivity index (χ2n) is 4.45. The molecule has 1 atom stereocenters. The number of aliphatic imine (C=N–C) groups is 1. The Labute approximate surface area is 85.1 Å². The van der Waals surface area contributed by atoms with Crippen molar-refractivity contribution in [1.82, 2.24) is 4.90 Å². The lowest BCUT2D eigenvalue weighted by molar-refractivity contribution is 0.125. The van der Waals surface area contributed by atoms with Crippen molar-refractivity contribution in [3.63, 3.8) is 0 Å². The third-order valence-corrected chi connectivity index (χ3v) is 3.43. The van der Waals surface area contributed by atoms with Gasteiger partial charge in [0.15, 0.2) is 5.96 Å². The summed E-state index contributed by atoms with van der Waals surface area (Å²) in [4.78, 5) is 6.57. The number of hydrogen-bond donors (Lipinski definition) is 1. The molecular formula is C10H19N3O. The summed E-state index contributed by atoms with van der Waals surface area (Å²) in [6.45, 7) is 4.70. The van der Waals surface area contributed by atoms with Crippen LogP contribution < -0.4 is 5.73 Å². The first kappa shape index (κ1) is 9.77. The zero-order valence-corrected chi connectivity index (χ0v) is 8.99. The summed E-state index contributed by atoms with van der Waals surface area (Å²) in [7, 11) is 1.72. The van der Waals surface area contributed by atoms with Crippen molar-refractivity contribution >= 4 is 5.96 Å². The Morgan fingerprint density at radius 1 is 1.64 bits per heavy atom. The second kappa shape index (κ2) is 3.42. The number of hydrogen-bond acceptors (Lipinski definition) is 4. The van der Waals surface area contributed by atoms with Gasteiger partial charge in [0.05, 0.1) is 18.7 Å². The summed E-state index contributed by atoms with van der Waals surface area (Å²) >= 11 is 0. The van der Waals surface area contributed by atoms with E-state index in [0.717, 1.165) is 25.6 Å². The summed E-state index contributed by atoms with van der Waals surface area (Å²) in [5.74, 6) is 1.47. The molecule has 1 saturated carbocycles. The first-order chi connectivity index (χ1) is 6.68. The van der Waals surface area contributed by atoms with E-state index in [1.165, 1.54) is 12.8 Å². The lowest BCUT2D eigenvalue weighted by Crippen LogP contribution is -2.52. The molecule has 0 bridgehead atoms. The smallest absolute Gasteiger partial charge is 0.191 e. The third-order valence-electron chi connectivity index (χ3n) is 3.43. The van der Waals surface area contributed by atoms with E-state index in [2.05, 4.69) is 16.8 Å². The van der Waals surface area contributed by atoms with Crippen molar-refractivity contribution in [2.75, 3.05) is 26.8 Å². The maximum atomic E-state index is 5.88. The van der Waals surface area contributed by atoms with Crippen LogP contribution in [0, 0.1) is 5.92 Å². The van der Waals surface area contributed by atoms with E-state index >= 15 is 0 Å². The molecule has 0 amide bonds. The van der Waals surface area contributed by atoms with E-state index in [-0.39, 0.29) is 5.54 Å². The van der Waals surface area contributed by atoms with Crippen LogP contribution >= 0.6 is 0 Å². The largest absolute Gasteiger partial charge is 0.383 e. The SMILES string of the molecule is COCCN1C(N)=NCC1(C)C1CC1. The van der Waals surface area contributed by atoms with Crippen LogP contribution in [0.25, 0.3) is 0 Å². The minimum atomic E-state index is 0.169. The molecule has 4 nitrogen and oxygen atoms in total. The third kappa shape index (κ3) is 1.47. The molecule has 0 spiro atoms. The predicted octanol–water partition coefficient (Wildman–Crippen LogP) is 0.432. The maximum absolute atomic E-state index is 5.88. The average molecular weight is 197 g/mol. The number of rotatable bonds is 4. The van der Waals surface area contributed by atoms with Crippen LogP contribution in [0.3, 0.4) is 0 Å². The molecule has 4 heteroatoms. The highest BCUT2D eigenvalue weighted by molar-refractivity contribution is 5.81. The van der Waals surface area contributed by atoms with Crippen LogP contribution in [0.1, 0.15) is 19.8 Å². The van der Waals surface area contributed by atoms with Crippen LogP contribution in [0.15, 0.2) is 4.99 Å². The molecule has 1 heterocycles. The van der Waals surface area contributed by atoms with Gasteiger partial charge in [-0.3, -0.25) is 4.99 Å². The highest BCUT2D eigenvalue weighted by Gasteiger charge is 2.48. The van der Waals surface area contributed by atoms with Crippen LogP contribution in [-0.2, 0) is 4.74 Å². The standard InChI is InChI=1S/C10H19N3O/c1-10(8-3-4-8)7-12-9(11)13(10)5-6-14-2/h8H,3-7H2,1-2H3,(H2,11,12). The Morgan fingerprint density at radius 2 is 2.36 bits per heavy atom. The quantitative estimate of drug-likeness (QED) is 0.711. The van der Waals surface area contributed by atoms with Crippen LogP contribution in [0.2, 0.25) is 0 Å². The monoisotopic (exact) mass is 197 g/mol. The Kier molecular flexibility index (Phi) is 2.39. The van der Waals surface area contributed by atoms with Gasteiger partial charge in [0, 0.05) is 13.7 Å². The van der Waals surface area contributed by atoms with Gasteiger partial charge in [0.2, 0.25) is 0 Å². The second-order valence-corrected chi connectivity index (χ2v) is 4.45. The fourth-order valence-corrected chi connectivity index (χ4v) is 2.28. The Hall–Kier alpha value is -0.770. The molecule has 14 heavy (non-hydrogen) atoms. The van der Waals surface area contributed by atoms with Gasteiger partial charge in [-0.15, -0.1) is 0 Å². The molecule has 2 N–H and O–H groups in total. The molecule has 2 rings (SSSR count). The molecule has 1 unspecified atom stereocenters. The fourth-order valence-electron chi connectivity index (χ4n) is 2.28. The van der Waals surface area contributed by atoms with E-state index in [1.54, 1.807) is 7.11 Å². The number of guanidine groups is 1. The number of nitrogens with two attached hydrogens (primary N) is 1. The van der Waals surface area contributed by atoms with Gasteiger partial charge >= 0.3 is 0 Å². The lowest BCUT2D eigenvalue weighted by Gasteiger charge is -2.36. The van der Waals surface area contributed by atoms with Crippen molar-refractivity contribution in [2.24, 2.45) is 16.6 Å². The first-order valence-corrected chi connectivity index (χ1v) is 5.25. The van der Waals surface area contributed by atoms with Crippen molar-refractivity contribution < 1.29 is 4.74 Å². The first-order valence-electron chi connectivity index (χ1n) is 5.25. The van der Waals surface area contributed by atoms with E-state index in [0.29, 0.717) is 5.96 Å². The van der Waals surface area contributed by atoms with Gasteiger partial charge in [0.25, 0.3) is 0 Å². The van der Waals surface area contributed by atoms with Crippen LogP contribution in [0.5, 0.6) is 0 Å². The highest BCUT2D eigenvalue weighted by Crippen LogP contribution is 2.44. The normalized spacial score (nSPS) is 32.1. The van der Waals surface area contributed by atoms with Crippen molar-refractivity contribution in [2.45, 2.75) is 25.3 Å². The Bertz CT molecular complexity index is 250.